The summed E-state index contributed by atoms with van der Waals surface area (Å²) in [6.45, 7) is 0. The minimum absolute atomic E-state index is 0.112. The Kier molecular flexibility index (Phi) is 2.68. The van der Waals surface area contributed by atoms with E-state index in [9.17, 15) is 10.1 Å². The van der Waals surface area contributed by atoms with Gasteiger partial charge < -0.3 is 5.73 Å². The van der Waals surface area contributed by atoms with Crippen molar-refractivity contribution in [1.29, 1.82) is 0 Å². The van der Waals surface area contributed by atoms with Gasteiger partial charge in [0.1, 0.15) is 0 Å². The number of aromatic nitrogens is 3. The summed E-state index contributed by atoms with van der Waals surface area (Å²) in [5.74, 6) is 0.526. The maximum absolute atomic E-state index is 10.7. The van der Waals surface area contributed by atoms with Crippen LogP contribution in [0.5, 0.6) is 0 Å². The molecule has 0 radical (unpaired) electrons. The van der Waals surface area contributed by atoms with Crippen molar-refractivity contribution in [3.05, 3.63) is 33.3 Å². The van der Waals surface area contributed by atoms with Crippen LogP contribution in [0.3, 0.4) is 0 Å². The molecule has 0 amide bonds. The second-order valence-electron chi connectivity index (χ2n) is 3.37. The summed E-state index contributed by atoms with van der Waals surface area (Å²) >= 11 is 5.79. The highest BCUT2D eigenvalue weighted by Crippen LogP contribution is 2.26. The SMILES string of the molecule is Cn1nc(-c2cc(Cl)cc([N+](=O)[O-])c2)nc1N. The maximum atomic E-state index is 10.7. The molecule has 8 heteroatoms. The number of aryl methyl sites for hydroxylation is 1. The van der Waals surface area contributed by atoms with E-state index in [-0.39, 0.29) is 16.7 Å². The average Bonchev–Trinajstić information content (AvgIpc) is 2.58. The molecule has 0 aliphatic carbocycles. The zero-order chi connectivity index (χ0) is 12.6. The van der Waals surface area contributed by atoms with Gasteiger partial charge in [-0.25, -0.2) is 4.68 Å². The average molecular weight is 254 g/mol. The number of nitrogens with zero attached hydrogens (tertiary/aromatic N) is 4. The molecule has 1 aromatic carbocycles. The summed E-state index contributed by atoms with van der Waals surface area (Å²) in [6.07, 6.45) is 0. The fourth-order valence-corrected chi connectivity index (χ4v) is 1.56. The number of hydrogen-bond acceptors (Lipinski definition) is 5. The fourth-order valence-electron chi connectivity index (χ4n) is 1.33. The Labute approximate surface area is 101 Å². The molecule has 0 saturated heterocycles. The first-order valence-corrected chi connectivity index (χ1v) is 4.97. The van der Waals surface area contributed by atoms with Crippen LogP contribution in [0.2, 0.25) is 5.02 Å². The van der Waals surface area contributed by atoms with Crippen molar-refractivity contribution < 1.29 is 4.92 Å². The van der Waals surface area contributed by atoms with E-state index in [2.05, 4.69) is 10.1 Å². The van der Waals surface area contributed by atoms with E-state index in [4.69, 9.17) is 17.3 Å². The second kappa shape index (κ2) is 4.02. The highest BCUT2D eigenvalue weighted by atomic mass is 35.5. The Morgan fingerprint density at radius 1 is 1.47 bits per heavy atom. The summed E-state index contributed by atoms with van der Waals surface area (Å²) in [6, 6.07) is 4.15. The van der Waals surface area contributed by atoms with Crippen LogP contribution < -0.4 is 5.73 Å². The molecular formula is C9H8ClN5O2. The van der Waals surface area contributed by atoms with Crippen LogP contribution in [-0.2, 0) is 7.05 Å². The van der Waals surface area contributed by atoms with Crippen molar-refractivity contribution in [2.24, 2.45) is 7.05 Å². The Hall–Kier alpha value is -2.15. The zero-order valence-corrected chi connectivity index (χ0v) is 9.55. The molecule has 0 unspecified atom stereocenters. The Morgan fingerprint density at radius 3 is 2.71 bits per heavy atom. The quantitative estimate of drug-likeness (QED) is 0.647. The minimum atomic E-state index is -0.526. The maximum Gasteiger partial charge on any atom is 0.271 e. The third kappa shape index (κ3) is 2.18. The molecule has 2 rings (SSSR count). The molecule has 1 heterocycles. The van der Waals surface area contributed by atoms with E-state index in [1.54, 1.807) is 13.1 Å². The zero-order valence-electron chi connectivity index (χ0n) is 8.79. The van der Waals surface area contributed by atoms with Crippen LogP contribution >= 0.6 is 11.6 Å². The molecule has 2 N–H and O–H groups in total. The molecule has 17 heavy (non-hydrogen) atoms. The fraction of sp³-hybridized carbons (Fsp3) is 0.111. The Balaban J connectivity index is 2.55. The van der Waals surface area contributed by atoms with Crippen molar-refractivity contribution in [1.82, 2.24) is 14.8 Å². The number of benzene rings is 1. The number of non-ortho nitro benzene ring substituents is 1. The van der Waals surface area contributed by atoms with Crippen LogP contribution in [0.15, 0.2) is 18.2 Å². The largest absolute Gasteiger partial charge is 0.368 e. The van der Waals surface area contributed by atoms with E-state index in [1.165, 1.54) is 16.8 Å². The van der Waals surface area contributed by atoms with Crippen LogP contribution in [0.25, 0.3) is 11.4 Å². The number of halogens is 1. The lowest BCUT2D eigenvalue weighted by Crippen LogP contribution is -1.97. The number of nitrogens with two attached hydrogens (primary N) is 1. The summed E-state index contributed by atoms with van der Waals surface area (Å²) in [4.78, 5) is 14.1. The monoisotopic (exact) mass is 253 g/mol. The molecule has 1 aromatic heterocycles. The van der Waals surface area contributed by atoms with Crippen molar-refractivity contribution in [3.63, 3.8) is 0 Å². The van der Waals surface area contributed by atoms with Gasteiger partial charge in [0.25, 0.3) is 5.69 Å². The van der Waals surface area contributed by atoms with Gasteiger partial charge in [0.05, 0.1) is 4.92 Å². The number of rotatable bonds is 2. The molecule has 0 saturated carbocycles. The van der Waals surface area contributed by atoms with Gasteiger partial charge in [0.15, 0.2) is 5.82 Å². The van der Waals surface area contributed by atoms with Gasteiger partial charge in [-0.15, -0.1) is 5.10 Å². The van der Waals surface area contributed by atoms with E-state index < -0.39 is 4.92 Å². The van der Waals surface area contributed by atoms with Gasteiger partial charge >= 0.3 is 0 Å². The first-order chi connectivity index (χ1) is 7.97. The Morgan fingerprint density at radius 2 is 2.18 bits per heavy atom. The van der Waals surface area contributed by atoms with Gasteiger partial charge in [-0.2, -0.15) is 4.98 Å². The molecular weight excluding hydrogens is 246 g/mol. The lowest BCUT2D eigenvalue weighted by molar-refractivity contribution is -0.384. The topological polar surface area (TPSA) is 99.9 Å². The molecule has 0 atom stereocenters. The summed E-state index contributed by atoms with van der Waals surface area (Å²) in [7, 11) is 1.63. The van der Waals surface area contributed by atoms with Gasteiger partial charge in [-0.3, -0.25) is 10.1 Å². The molecule has 0 aliphatic rings. The smallest absolute Gasteiger partial charge is 0.271 e. The van der Waals surface area contributed by atoms with Gasteiger partial charge in [0.2, 0.25) is 5.95 Å². The van der Waals surface area contributed by atoms with Crippen LogP contribution in [0.1, 0.15) is 0 Å². The van der Waals surface area contributed by atoms with Crippen LogP contribution in [-0.4, -0.2) is 19.7 Å². The predicted molar refractivity (Wildman–Crippen MR) is 62.5 cm³/mol. The summed E-state index contributed by atoms with van der Waals surface area (Å²) in [5.41, 5.74) is 5.88. The third-order valence-electron chi connectivity index (χ3n) is 2.15. The Bertz CT molecular complexity index is 576. The molecule has 88 valence electrons. The van der Waals surface area contributed by atoms with E-state index >= 15 is 0 Å². The van der Waals surface area contributed by atoms with Gasteiger partial charge in [-0.1, -0.05) is 11.6 Å². The van der Waals surface area contributed by atoms with Crippen molar-refractivity contribution in [2.75, 3.05) is 5.73 Å². The molecule has 0 fully saturated rings. The minimum Gasteiger partial charge on any atom is -0.368 e. The molecule has 0 aliphatic heterocycles. The van der Waals surface area contributed by atoms with Gasteiger partial charge in [-0.05, 0) is 6.07 Å². The second-order valence-corrected chi connectivity index (χ2v) is 3.81. The molecule has 7 nitrogen and oxygen atoms in total. The first kappa shape index (κ1) is 11.3. The van der Waals surface area contributed by atoms with Crippen LogP contribution in [0.4, 0.5) is 11.6 Å². The van der Waals surface area contributed by atoms with Crippen molar-refractivity contribution >= 4 is 23.2 Å². The normalized spacial score (nSPS) is 10.5. The van der Waals surface area contributed by atoms with Crippen molar-refractivity contribution in [3.8, 4) is 11.4 Å². The molecule has 0 spiro atoms. The highest BCUT2D eigenvalue weighted by molar-refractivity contribution is 6.31. The first-order valence-electron chi connectivity index (χ1n) is 4.59. The standard InChI is InChI=1S/C9H8ClN5O2/c1-14-9(11)12-8(13-14)5-2-6(10)4-7(3-5)15(16)17/h2-4H,1H3,(H2,11,12,13). The predicted octanol–water partition coefficient (Wildman–Crippen LogP) is 1.63. The molecule has 2 aromatic rings. The number of anilines is 1. The number of nitro benzene ring substituents is 1. The van der Waals surface area contributed by atoms with E-state index in [1.807, 2.05) is 0 Å². The van der Waals surface area contributed by atoms with E-state index in [0.29, 0.717) is 11.4 Å². The third-order valence-corrected chi connectivity index (χ3v) is 2.37. The van der Waals surface area contributed by atoms with Gasteiger partial charge in [0, 0.05) is 29.8 Å². The highest BCUT2D eigenvalue weighted by Gasteiger charge is 2.13. The number of nitrogen functional groups attached to an aromatic ring is 1. The van der Waals surface area contributed by atoms with Crippen LogP contribution in [0, 0.1) is 10.1 Å². The lowest BCUT2D eigenvalue weighted by atomic mass is 10.2. The van der Waals surface area contributed by atoms with E-state index in [0.717, 1.165) is 0 Å². The number of nitro groups is 1. The summed E-state index contributed by atoms with van der Waals surface area (Å²) < 4.78 is 1.38. The summed E-state index contributed by atoms with van der Waals surface area (Å²) in [5, 5.41) is 15.0. The van der Waals surface area contributed by atoms with Crippen molar-refractivity contribution in [2.45, 2.75) is 0 Å². The molecule has 0 bridgehead atoms. The lowest BCUT2D eigenvalue weighted by Gasteiger charge is -1.97. The number of hydrogen-bond donors (Lipinski definition) is 1.